The molecule has 41 heavy (non-hydrogen) atoms. The van der Waals surface area contributed by atoms with E-state index in [-0.39, 0.29) is 12.0 Å². The molecule has 3 aromatic carbocycles. The number of carbonyl (C=O) groups excluding carboxylic acids is 1. The smallest absolute Gasteiger partial charge is 0.456 e. The van der Waals surface area contributed by atoms with Gasteiger partial charge >= 0.3 is 6.16 Å². The summed E-state index contributed by atoms with van der Waals surface area (Å²) in [6.45, 7) is 2.61. The summed E-state index contributed by atoms with van der Waals surface area (Å²) < 4.78 is 52.4. The zero-order valence-corrected chi connectivity index (χ0v) is 27.3. The maximum atomic E-state index is 13.4. The van der Waals surface area contributed by atoms with Crippen LogP contribution >= 0.6 is 45.2 Å². The van der Waals surface area contributed by atoms with E-state index in [1.165, 1.54) is 0 Å². The van der Waals surface area contributed by atoms with Crippen molar-refractivity contribution in [3.8, 4) is 17.2 Å². The van der Waals surface area contributed by atoms with Crippen molar-refractivity contribution >= 4 is 62.1 Å². The third kappa shape index (κ3) is 6.61. The van der Waals surface area contributed by atoms with Gasteiger partial charge in [-0.05, 0) is 161 Å². The Morgan fingerprint density at radius 3 is 2.29 bits per heavy atom. The van der Waals surface area contributed by atoms with Crippen LogP contribution in [0.25, 0.3) is 10.8 Å². The molecule has 2 unspecified atom stereocenters. The lowest BCUT2D eigenvalue weighted by Gasteiger charge is -2.60. The van der Waals surface area contributed by atoms with E-state index in [0.717, 1.165) is 74.0 Å². The number of benzene rings is 3. The van der Waals surface area contributed by atoms with Crippen molar-refractivity contribution in [1.29, 1.82) is 0 Å². The Bertz CT molecular complexity index is 1450. The molecule has 0 aliphatic heterocycles. The van der Waals surface area contributed by atoms with Crippen molar-refractivity contribution in [1.82, 2.24) is 0 Å². The highest BCUT2D eigenvalue weighted by Gasteiger charge is 2.60. The van der Waals surface area contributed by atoms with Crippen LogP contribution in [0.5, 0.6) is 17.2 Å². The Morgan fingerprint density at radius 1 is 0.976 bits per heavy atom. The first kappa shape index (κ1) is 29.3. The molecule has 7 rings (SSSR count). The van der Waals surface area contributed by atoms with Crippen molar-refractivity contribution in [3.05, 3.63) is 61.2 Å². The van der Waals surface area contributed by atoms with Crippen LogP contribution in [0.4, 0.5) is 13.6 Å². The minimum absolute atomic E-state index is 0.215. The molecule has 9 heteroatoms. The fraction of sp³-hybridized carbons (Fsp3) is 0.469. The molecule has 0 N–H and O–H groups in total. The molecule has 0 saturated heterocycles. The second kappa shape index (κ2) is 11.1. The van der Waals surface area contributed by atoms with Crippen LogP contribution in [0, 0.1) is 31.3 Å². The molecule has 4 fully saturated rings. The van der Waals surface area contributed by atoms with E-state index < -0.39 is 24.3 Å². The zero-order valence-electron chi connectivity index (χ0n) is 23.0. The van der Waals surface area contributed by atoms with Crippen LogP contribution in [-0.4, -0.2) is 30.9 Å². The Labute approximate surface area is 265 Å². The monoisotopic (exact) mass is 788 g/mol. The number of alkyl halides is 2. The Morgan fingerprint density at radius 2 is 1.63 bits per heavy atom. The highest BCUT2D eigenvalue weighted by atomic mass is 127. The van der Waals surface area contributed by atoms with Gasteiger partial charge in [0.25, 0.3) is 5.92 Å². The summed E-state index contributed by atoms with van der Waals surface area (Å²) >= 11 is 4.59. The standard InChI is InChI=1S/C32H32F2I2O5/c1-19-7-24(35)11-27(36)28(19)39-25-5-3-23-10-26(6-4-22(23)9-25)40-29(37)41-32-14-20-8-21(15-32)13-31(12-20,16-32)18-38-17-30(2,33)34/h3-7,9-11,20-21H,8,12-18H2,1-2H3. The van der Waals surface area contributed by atoms with Crippen LogP contribution in [0.15, 0.2) is 48.5 Å². The van der Waals surface area contributed by atoms with Gasteiger partial charge in [-0.2, -0.15) is 0 Å². The molecule has 3 aromatic rings. The quantitative estimate of drug-likeness (QED) is 0.129. The van der Waals surface area contributed by atoms with Gasteiger partial charge in [-0.1, -0.05) is 12.1 Å². The third-order valence-electron chi connectivity index (χ3n) is 8.59. The number of hydrogen-bond acceptors (Lipinski definition) is 5. The van der Waals surface area contributed by atoms with Crippen LogP contribution < -0.4 is 9.47 Å². The number of rotatable bonds is 8. The Balaban J connectivity index is 1.12. The fourth-order valence-corrected chi connectivity index (χ4v) is 9.90. The summed E-state index contributed by atoms with van der Waals surface area (Å²) in [6.07, 6.45) is 4.50. The molecule has 0 amide bonds. The minimum atomic E-state index is -2.85. The molecule has 4 aliphatic rings. The average Bonchev–Trinajstić information content (AvgIpc) is 2.84. The highest BCUT2D eigenvalue weighted by molar-refractivity contribution is 14.1. The molecule has 5 nitrogen and oxygen atoms in total. The topological polar surface area (TPSA) is 54.0 Å². The summed E-state index contributed by atoms with van der Waals surface area (Å²) in [7, 11) is 0. The molecule has 4 saturated carbocycles. The van der Waals surface area contributed by atoms with Crippen LogP contribution in [-0.2, 0) is 9.47 Å². The summed E-state index contributed by atoms with van der Waals surface area (Å²) in [5, 5.41) is 1.87. The van der Waals surface area contributed by atoms with Gasteiger partial charge in [-0.15, -0.1) is 0 Å². The summed E-state index contributed by atoms with van der Waals surface area (Å²) in [6, 6.07) is 15.5. The minimum Gasteiger partial charge on any atom is -0.456 e. The van der Waals surface area contributed by atoms with Crippen molar-refractivity contribution in [2.24, 2.45) is 17.3 Å². The zero-order chi connectivity index (χ0) is 29.0. The lowest BCUT2D eigenvalue weighted by atomic mass is 9.48. The molecular formula is C32H32F2I2O5. The van der Waals surface area contributed by atoms with Gasteiger partial charge < -0.3 is 18.9 Å². The van der Waals surface area contributed by atoms with Gasteiger partial charge in [0, 0.05) is 10.5 Å². The maximum Gasteiger partial charge on any atom is 0.514 e. The molecule has 0 aromatic heterocycles. The summed E-state index contributed by atoms with van der Waals surface area (Å²) in [4.78, 5) is 13.0. The molecule has 0 radical (unpaired) electrons. The number of hydrogen-bond donors (Lipinski definition) is 0. The first-order valence-electron chi connectivity index (χ1n) is 13.9. The van der Waals surface area contributed by atoms with E-state index in [1.54, 1.807) is 6.07 Å². The van der Waals surface area contributed by atoms with Crippen LogP contribution in [0.1, 0.15) is 51.0 Å². The van der Waals surface area contributed by atoms with E-state index in [4.69, 9.17) is 18.9 Å². The van der Waals surface area contributed by atoms with Crippen molar-refractivity contribution in [2.75, 3.05) is 13.2 Å². The molecule has 4 bridgehead atoms. The van der Waals surface area contributed by atoms with E-state index >= 15 is 0 Å². The number of ether oxygens (including phenoxy) is 4. The third-order valence-corrected chi connectivity index (χ3v) is 10.0. The summed E-state index contributed by atoms with van der Waals surface area (Å²) in [5.74, 6) is -0.0403. The predicted molar refractivity (Wildman–Crippen MR) is 169 cm³/mol. The van der Waals surface area contributed by atoms with Gasteiger partial charge in [-0.25, -0.2) is 13.6 Å². The number of aryl methyl sites for hydroxylation is 1. The largest absolute Gasteiger partial charge is 0.514 e. The van der Waals surface area contributed by atoms with Crippen molar-refractivity contribution in [3.63, 3.8) is 0 Å². The molecule has 0 spiro atoms. The first-order valence-corrected chi connectivity index (χ1v) is 16.1. The number of carbonyl (C=O) groups is 1. The molecule has 218 valence electrons. The van der Waals surface area contributed by atoms with E-state index in [1.807, 2.05) is 37.3 Å². The second-order valence-corrected chi connectivity index (χ2v) is 14.9. The lowest BCUT2D eigenvalue weighted by Crippen LogP contribution is -2.59. The van der Waals surface area contributed by atoms with Gasteiger partial charge in [0.15, 0.2) is 0 Å². The lowest BCUT2D eigenvalue weighted by molar-refractivity contribution is -0.192. The molecule has 4 aliphatic carbocycles. The molecule has 0 heterocycles. The van der Waals surface area contributed by atoms with Crippen LogP contribution in [0.2, 0.25) is 0 Å². The highest BCUT2D eigenvalue weighted by Crippen LogP contribution is 2.63. The van der Waals surface area contributed by atoms with Gasteiger partial charge in [0.1, 0.15) is 29.5 Å². The average molecular weight is 788 g/mol. The number of halogens is 4. The first-order chi connectivity index (χ1) is 19.4. The van der Waals surface area contributed by atoms with Gasteiger partial charge in [-0.3, -0.25) is 0 Å². The van der Waals surface area contributed by atoms with E-state index in [0.29, 0.717) is 24.0 Å². The predicted octanol–water partition coefficient (Wildman–Crippen LogP) is 9.68. The molecular weight excluding hydrogens is 756 g/mol. The second-order valence-electron chi connectivity index (χ2n) is 12.5. The molecule has 2 atom stereocenters. The van der Waals surface area contributed by atoms with E-state index in [9.17, 15) is 13.6 Å². The van der Waals surface area contributed by atoms with Gasteiger partial charge in [0.2, 0.25) is 0 Å². The fourth-order valence-electron chi connectivity index (χ4n) is 7.66. The Hall–Kier alpha value is -1.73. The van der Waals surface area contributed by atoms with Gasteiger partial charge in [0.05, 0.1) is 10.2 Å². The van der Waals surface area contributed by atoms with Crippen molar-refractivity contribution in [2.45, 2.75) is 63.9 Å². The normalized spacial score (nSPS) is 26.8. The summed E-state index contributed by atoms with van der Waals surface area (Å²) in [5.41, 5.74) is 0.240. The number of fused-ring (bicyclic) bond motifs is 1. The van der Waals surface area contributed by atoms with Crippen molar-refractivity contribution < 1.29 is 32.5 Å². The maximum absolute atomic E-state index is 13.4. The Kier molecular flexibility index (Phi) is 7.93. The van der Waals surface area contributed by atoms with Crippen LogP contribution in [0.3, 0.4) is 0 Å². The van der Waals surface area contributed by atoms with E-state index in [2.05, 4.69) is 57.3 Å². The SMILES string of the molecule is Cc1cc(I)cc(I)c1Oc1ccc2cc(OC(=O)OC34CC5CC(CC(COCC(C)(F)F)(C5)C3)C4)ccc2c1.